The van der Waals surface area contributed by atoms with Gasteiger partial charge in [-0.05, 0) is 30.3 Å². The third-order valence-electron chi connectivity index (χ3n) is 6.01. The number of alkyl halides is 6. The third kappa shape index (κ3) is 8.14. The number of carboxylic acids is 2. The number of imidazole rings is 2. The SMILES string of the molecule is NC1CN(c2nc(NCc3nc4ccccc4[nH]3)c3ncn(-c4cccc(F)c4)c3n2)C1.O=C(O)C(F)(F)F.O=C(O)C(F)(F)F. The van der Waals surface area contributed by atoms with Gasteiger partial charge in [0.2, 0.25) is 5.95 Å². The van der Waals surface area contributed by atoms with Gasteiger partial charge in [-0.3, -0.25) is 4.57 Å². The molecular weight excluding hydrogens is 635 g/mol. The van der Waals surface area contributed by atoms with Crippen molar-refractivity contribution in [2.45, 2.75) is 24.9 Å². The van der Waals surface area contributed by atoms with E-state index in [2.05, 4.69) is 20.3 Å². The zero-order valence-electron chi connectivity index (χ0n) is 23.0. The van der Waals surface area contributed by atoms with E-state index < -0.39 is 24.3 Å². The molecule has 0 saturated carbocycles. The number of H-pyrrole nitrogens is 1. The van der Waals surface area contributed by atoms with Crippen molar-refractivity contribution in [2.75, 3.05) is 23.3 Å². The second-order valence-electron chi connectivity index (χ2n) is 9.46. The largest absolute Gasteiger partial charge is 0.490 e. The molecule has 0 atom stereocenters. The fourth-order valence-corrected chi connectivity index (χ4v) is 3.90. The number of rotatable bonds is 5. The van der Waals surface area contributed by atoms with Crippen molar-refractivity contribution in [3.8, 4) is 5.69 Å². The monoisotopic (exact) mass is 657 g/mol. The van der Waals surface area contributed by atoms with Crippen molar-refractivity contribution >= 4 is 45.9 Å². The first-order valence-corrected chi connectivity index (χ1v) is 12.8. The highest BCUT2D eigenvalue weighted by Crippen LogP contribution is 2.27. The highest BCUT2D eigenvalue weighted by molar-refractivity contribution is 5.86. The molecule has 3 aromatic heterocycles. The minimum absolute atomic E-state index is 0.106. The predicted molar refractivity (Wildman–Crippen MR) is 148 cm³/mol. The Morgan fingerprint density at radius 2 is 1.59 bits per heavy atom. The van der Waals surface area contributed by atoms with E-state index in [1.165, 1.54) is 12.1 Å². The second kappa shape index (κ2) is 13.2. The van der Waals surface area contributed by atoms with Crippen LogP contribution in [-0.2, 0) is 16.1 Å². The van der Waals surface area contributed by atoms with Gasteiger partial charge in [0.15, 0.2) is 17.0 Å². The number of halogens is 7. The van der Waals surface area contributed by atoms with E-state index >= 15 is 0 Å². The summed E-state index contributed by atoms with van der Waals surface area (Å²) in [6.07, 6.45) is -8.54. The van der Waals surface area contributed by atoms with Gasteiger partial charge in [-0.2, -0.15) is 36.3 Å². The third-order valence-corrected chi connectivity index (χ3v) is 6.01. The molecule has 13 nitrogen and oxygen atoms in total. The molecule has 2 aromatic carbocycles. The van der Waals surface area contributed by atoms with E-state index in [0.717, 1.165) is 16.9 Å². The van der Waals surface area contributed by atoms with Crippen LogP contribution in [0.5, 0.6) is 0 Å². The molecule has 46 heavy (non-hydrogen) atoms. The van der Waals surface area contributed by atoms with Gasteiger partial charge in [-0.1, -0.05) is 18.2 Å². The van der Waals surface area contributed by atoms with Gasteiger partial charge in [0.1, 0.15) is 18.0 Å². The lowest BCUT2D eigenvalue weighted by Gasteiger charge is -2.36. The summed E-state index contributed by atoms with van der Waals surface area (Å²) in [6, 6.07) is 14.3. The molecule has 6 N–H and O–H groups in total. The first-order chi connectivity index (χ1) is 21.5. The average Bonchev–Trinajstić information content (AvgIpc) is 3.58. The molecule has 244 valence electrons. The first kappa shape index (κ1) is 33.4. The molecule has 4 heterocycles. The maximum absolute atomic E-state index is 13.8. The smallest absolute Gasteiger partial charge is 0.475 e. The number of hydrogen-bond donors (Lipinski definition) is 5. The summed E-state index contributed by atoms with van der Waals surface area (Å²) < 4.78 is 79.1. The first-order valence-electron chi connectivity index (χ1n) is 12.8. The number of nitrogens with one attached hydrogen (secondary N) is 2. The minimum Gasteiger partial charge on any atom is -0.475 e. The minimum atomic E-state index is -5.08. The fourth-order valence-electron chi connectivity index (χ4n) is 3.90. The number of nitrogens with two attached hydrogens (primary N) is 1. The lowest BCUT2D eigenvalue weighted by atomic mass is 10.1. The van der Waals surface area contributed by atoms with E-state index in [-0.39, 0.29) is 11.9 Å². The van der Waals surface area contributed by atoms with Gasteiger partial charge >= 0.3 is 24.3 Å². The van der Waals surface area contributed by atoms with Crippen LogP contribution in [0.1, 0.15) is 5.82 Å². The Bertz CT molecular complexity index is 1790. The van der Waals surface area contributed by atoms with Crippen LogP contribution in [0.25, 0.3) is 27.9 Å². The van der Waals surface area contributed by atoms with Crippen LogP contribution < -0.4 is 16.0 Å². The number of aliphatic carboxylic acids is 2. The Kier molecular flexibility index (Phi) is 9.59. The Morgan fingerprint density at radius 1 is 0.957 bits per heavy atom. The highest BCUT2D eigenvalue weighted by Gasteiger charge is 2.39. The van der Waals surface area contributed by atoms with Crippen LogP contribution in [0.3, 0.4) is 0 Å². The standard InChI is InChI=1S/C22H20FN9.2C2HF3O2/c23-13-4-3-5-15(8-13)32-12-26-19-20(29-22(30-21(19)32)31-10-14(24)11-31)25-9-18-27-16-6-1-2-7-17(16)28-18;2*3-2(4,5)1(6)7/h1-8,12,14H,9-11,24H2,(H,27,28)(H,25,29,30);2*(H,6,7). The number of aromatic nitrogens is 6. The number of hydrogen-bond acceptors (Lipinski definition) is 9. The van der Waals surface area contributed by atoms with E-state index in [0.29, 0.717) is 48.3 Å². The molecule has 1 aliphatic rings. The number of anilines is 2. The van der Waals surface area contributed by atoms with Gasteiger partial charge in [0.25, 0.3) is 0 Å². The summed E-state index contributed by atoms with van der Waals surface area (Å²) >= 11 is 0. The molecule has 5 aromatic rings. The molecule has 6 rings (SSSR count). The van der Waals surface area contributed by atoms with Gasteiger partial charge in [-0.25, -0.2) is 23.9 Å². The van der Waals surface area contributed by atoms with E-state index in [1.807, 2.05) is 35.2 Å². The average molecular weight is 658 g/mol. The Hall–Kier alpha value is -5.53. The summed E-state index contributed by atoms with van der Waals surface area (Å²) in [5.41, 5.74) is 9.67. The quantitative estimate of drug-likeness (QED) is 0.173. The Morgan fingerprint density at radius 3 is 2.15 bits per heavy atom. The number of aromatic amines is 1. The summed E-state index contributed by atoms with van der Waals surface area (Å²) in [4.78, 5) is 41.7. The normalized spacial score (nSPS) is 13.3. The summed E-state index contributed by atoms with van der Waals surface area (Å²) in [5.74, 6) is -3.91. The van der Waals surface area contributed by atoms with Crippen molar-refractivity contribution in [3.05, 3.63) is 66.5 Å². The number of carbonyl (C=O) groups is 2. The van der Waals surface area contributed by atoms with Crippen LogP contribution in [0.4, 0.5) is 42.5 Å². The van der Waals surface area contributed by atoms with Crippen molar-refractivity contribution in [3.63, 3.8) is 0 Å². The van der Waals surface area contributed by atoms with Crippen LogP contribution in [0.2, 0.25) is 0 Å². The Balaban J connectivity index is 0.000000289. The van der Waals surface area contributed by atoms with Gasteiger partial charge in [0, 0.05) is 19.1 Å². The van der Waals surface area contributed by atoms with E-state index in [4.69, 9.17) is 35.5 Å². The summed E-state index contributed by atoms with van der Waals surface area (Å²) in [5, 5.41) is 17.6. The highest BCUT2D eigenvalue weighted by atomic mass is 19.4. The fraction of sp³-hybridized carbons (Fsp3) is 0.231. The van der Waals surface area contributed by atoms with Crippen LogP contribution in [0, 0.1) is 5.82 Å². The molecule has 1 fully saturated rings. The molecular formula is C26H22F7N9O4. The molecule has 1 aliphatic heterocycles. The van der Waals surface area contributed by atoms with E-state index in [9.17, 15) is 30.7 Å². The summed E-state index contributed by atoms with van der Waals surface area (Å²) in [7, 11) is 0. The molecule has 0 radical (unpaired) electrons. The van der Waals surface area contributed by atoms with Crippen molar-refractivity contribution in [2.24, 2.45) is 5.73 Å². The number of para-hydroxylation sites is 2. The van der Waals surface area contributed by atoms with Crippen molar-refractivity contribution in [1.82, 2.24) is 29.5 Å². The van der Waals surface area contributed by atoms with E-state index in [1.54, 1.807) is 17.0 Å². The van der Waals surface area contributed by atoms with Crippen molar-refractivity contribution < 1.29 is 50.5 Å². The molecule has 0 unspecified atom stereocenters. The molecule has 0 bridgehead atoms. The molecule has 0 spiro atoms. The lowest BCUT2D eigenvalue weighted by Crippen LogP contribution is -2.56. The zero-order valence-corrected chi connectivity index (χ0v) is 23.0. The molecule has 20 heteroatoms. The second-order valence-corrected chi connectivity index (χ2v) is 9.46. The lowest BCUT2D eigenvalue weighted by molar-refractivity contribution is -0.193. The maximum atomic E-state index is 13.8. The molecule has 0 amide bonds. The molecule has 0 aliphatic carbocycles. The maximum Gasteiger partial charge on any atom is 0.490 e. The van der Waals surface area contributed by atoms with Crippen molar-refractivity contribution in [1.29, 1.82) is 0 Å². The van der Waals surface area contributed by atoms with Crippen LogP contribution >= 0.6 is 0 Å². The predicted octanol–water partition coefficient (Wildman–Crippen LogP) is 3.86. The topological polar surface area (TPSA) is 188 Å². The summed E-state index contributed by atoms with van der Waals surface area (Å²) in [6.45, 7) is 1.80. The number of carboxylic acid groups (broad SMARTS) is 2. The zero-order chi connectivity index (χ0) is 33.8. The van der Waals surface area contributed by atoms with Gasteiger partial charge in [0.05, 0.1) is 23.3 Å². The number of benzene rings is 2. The van der Waals surface area contributed by atoms with Gasteiger partial charge in [-0.15, -0.1) is 0 Å². The molecule has 1 saturated heterocycles. The number of nitrogens with zero attached hydrogens (tertiary/aromatic N) is 6. The van der Waals surface area contributed by atoms with Crippen LogP contribution in [0.15, 0.2) is 54.9 Å². The number of fused-ring (bicyclic) bond motifs is 2. The Labute approximate surface area is 252 Å². The van der Waals surface area contributed by atoms with Gasteiger partial charge < -0.3 is 31.1 Å². The van der Waals surface area contributed by atoms with Crippen LogP contribution in [-0.4, -0.2) is 83.1 Å².